The molecule has 4 nitrogen and oxygen atoms in total. The molecule has 156 valence electrons. The van der Waals surface area contributed by atoms with E-state index >= 15 is 0 Å². The maximum absolute atomic E-state index is 12.1. The van der Waals surface area contributed by atoms with E-state index < -0.39 is 0 Å². The largest absolute Gasteiger partial charge is 0.494 e. The zero-order valence-corrected chi connectivity index (χ0v) is 17.6. The number of carbonyl (C=O) groups excluding carboxylic acids is 1. The molecule has 3 rings (SSSR count). The molecular weight excluding hydrogens is 374 g/mol. The van der Waals surface area contributed by atoms with Gasteiger partial charge in [0.2, 0.25) is 5.91 Å². The fraction of sp³-hybridized carbons (Fsp3) is 0.269. The molecule has 0 spiro atoms. The first kappa shape index (κ1) is 21.4. The maximum Gasteiger partial charge on any atom is 0.224 e. The van der Waals surface area contributed by atoms with E-state index in [2.05, 4.69) is 31.3 Å². The van der Waals surface area contributed by atoms with E-state index in [0.717, 1.165) is 22.7 Å². The van der Waals surface area contributed by atoms with Crippen LogP contribution in [0.25, 0.3) is 0 Å². The van der Waals surface area contributed by atoms with Gasteiger partial charge in [0.15, 0.2) is 0 Å². The van der Waals surface area contributed by atoms with Crippen molar-refractivity contribution < 1.29 is 14.3 Å². The average Bonchev–Trinajstić information content (AvgIpc) is 2.77. The molecule has 3 aromatic carbocycles. The van der Waals surface area contributed by atoms with Crippen LogP contribution in [0.4, 0.5) is 5.69 Å². The highest BCUT2D eigenvalue weighted by atomic mass is 16.5. The number of rotatable bonds is 10. The monoisotopic (exact) mass is 403 g/mol. The second-order valence-electron chi connectivity index (χ2n) is 7.52. The Morgan fingerprint density at radius 2 is 1.47 bits per heavy atom. The summed E-state index contributed by atoms with van der Waals surface area (Å²) in [6.07, 6.45) is 1.08. The summed E-state index contributed by atoms with van der Waals surface area (Å²) in [4.78, 5) is 12.1. The SMILES string of the molecule is CC(C)c1ccc(OCCCC(=O)Nc2ccc(OCc3ccccc3)cc2)cc1. The first-order valence-corrected chi connectivity index (χ1v) is 10.4. The third-order valence-corrected chi connectivity index (χ3v) is 4.75. The minimum atomic E-state index is -0.0216. The molecule has 0 atom stereocenters. The first-order chi connectivity index (χ1) is 14.6. The third kappa shape index (κ3) is 6.96. The van der Waals surface area contributed by atoms with Crippen molar-refractivity contribution in [1.82, 2.24) is 0 Å². The summed E-state index contributed by atoms with van der Waals surface area (Å²) in [6.45, 7) is 5.37. The molecule has 0 saturated carbocycles. The Morgan fingerprint density at radius 3 is 2.13 bits per heavy atom. The van der Waals surface area contributed by atoms with E-state index in [1.807, 2.05) is 66.7 Å². The molecule has 3 aromatic rings. The van der Waals surface area contributed by atoms with Crippen molar-refractivity contribution in [1.29, 1.82) is 0 Å². The van der Waals surface area contributed by atoms with Gasteiger partial charge in [-0.2, -0.15) is 0 Å². The highest BCUT2D eigenvalue weighted by Gasteiger charge is 2.04. The highest BCUT2D eigenvalue weighted by Crippen LogP contribution is 2.19. The van der Waals surface area contributed by atoms with Crippen molar-refractivity contribution in [2.45, 2.75) is 39.2 Å². The molecule has 0 radical (unpaired) electrons. The van der Waals surface area contributed by atoms with Crippen LogP contribution in [0.5, 0.6) is 11.5 Å². The van der Waals surface area contributed by atoms with Crippen LogP contribution in [-0.4, -0.2) is 12.5 Å². The van der Waals surface area contributed by atoms with Crippen molar-refractivity contribution in [3.63, 3.8) is 0 Å². The lowest BCUT2D eigenvalue weighted by Gasteiger charge is -2.10. The Morgan fingerprint density at radius 1 is 0.833 bits per heavy atom. The van der Waals surface area contributed by atoms with Gasteiger partial charge in [0.05, 0.1) is 6.61 Å². The van der Waals surface area contributed by atoms with Crippen LogP contribution in [0.2, 0.25) is 0 Å². The fourth-order valence-electron chi connectivity index (χ4n) is 2.97. The average molecular weight is 404 g/mol. The summed E-state index contributed by atoms with van der Waals surface area (Å²) < 4.78 is 11.5. The van der Waals surface area contributed by atoms with E-state index in [4.69, 9.17) is 9.47 Å². The molecule has 0 aliphatic heterocycles. The summed E-state index contributed by atoms with van der Waals surface area (Å²) in [6, 6.07) is 25.6. The maximum atomic E-state index is 12.1. The second kappa shape index (κ2) is 11.1. The predicted molar refractivity (Wildman–Crippen MR) is 121 cm³/mol. The Labute approximate surface area is 178 Å². The molecular formula is C26H29NO3. The molecule has 30 heavy (non-hydrogen) atoms. The van der Waals surface area contributed by atoms with Gasteiger partial charge < -0.3 is 14.8 Å². The van der Waals surface area contributed by atoms with Gasteiger partial charge in [-0.3, -0.25) is 4.79 Å². The molecule has 1 N–H and O–H groups in total. The summed E-state index contributed by atoms with van der Waals surface area (Å²) in [5.74, 6) is 2.10. The molecule has 4 heteroatoms. The Bertz CT molecular complexity index is 903. The van der Waals surface area contributed by atoms with Gasteiger partial charge in [0.25, 0.3) is 0 Å². The molecule has 1 amide bonds. The van der Waals surface area contributed by atoms with Crippen LogP contribution in [0.3, 0.4) is 0 Å². The zero-order valence-electron chi connectivity index (χ0n) is 17.6. The predicted octanol–water partition coefficient (Wildman–Crippen LogP) is 6.19. The lowest BCUT2D eigenvalue weighted by atomic mass is 10.0. The Balaban J connectivity index is 1.35. The smallest absolute Gasteiger partial charge is 0.224 e. The van der Waals surface area contributed by atoms with Crippen molar-refractivity contribution in [2.75, 3.05) is 11.9 Å². The number of carbonyl (C=O) groups is 1. The van der Waals surface area contributed by atoms with Gasteiger partial charge in [0, 0.05) is 12.1 Å². The van der Waals surface area contributed by atoms with E-state index in [1.165, 1.54) is 5.56 Å². The van der Waals surface area contributed by atoms with Crippen LogP contribution in [0.1, 0.15) is 43.7 Å². The molecule has 0 saturated heterocycles. The van der Waals surface area contributed by atoms with Gasteiger partial charge >= 0.3 is 0 Å². The number of benzene rings is 3. The summed E-state index contributed by atoms with van der Waals surface area (Å²) in [5, 5.41) is 2.91. The number of hydrogen-bond acceptors (Lipinski definition) is 3. The van der Waals surface area contributed by atoms with Crippen LogP contribution in [0, 0.1) is 0 Å². The lowest BCUT2D eigenvalue weighted by molar-refractivity contribution is -0.116. The standard InChI is InChI=1S/C26H29NO3/c1-20(2)22-10-14-24(15-11-22)29-18-6-9-26(28)27-23-12-16-25(17-13-23)30-19-21-7-4-3-5-8-21/h3-5,7-8,10-17,20H,6,9,18-19H2,1-2H3,(H,27,28). The zero-order chi connectivity index (χ0) is 21.2. The van der Waals surface area contributed by atoms with E-state index in [-0.39, 0.29) is 5.91 Å². The van der Waals surface area contributed by atoms with Gasteiger partial charge in [-0.25, -0.2) is 0 Å². The van der Waals surface area contributed by atoms with Crippen LogP contribution >= 0.6 is 0 Å². The van der Waals surface area contributed by atoms with Crippen LogP contribution < -0.4 is 14.8 Å². The molecule has 0 aliphatic carbocycles. The van der Waals surface area contributed by atoms with Crippen molar-refractivity contribution in [3.8, 4) is 11.5 Å². The quantitative estimate of drug-likeness (QED) is 0.411. The number of anilines is 1. The number of ether oxygens (including phenoxy) is 2. The van der Waals surface area contributed by atoms with E-state index in [1.54, 1.807) is 0 Å². The number of nitrogens with one attached hydrogen (secondary N) is 1. The molecule has 0 aliphatic rings. The molecule has 0 aromatic heterocycles. The topological polar surface area (TPSA) is 47.6 Å². The number of amides is 1. The molecule has 0 unspecified atom stereocenters. The van der Waals surface area contributed by atoms with Gasteiger partial charge in [-0.15, -0.1) is 0 Å². The third-order valence-electron chi connectivity index (χ3n) is 4.75. The normalized spacial score (nSPS) is 10.6. The van der Waals surface area contributed by atoms with Crippen LogP contribution in [-0.2, 0) is 11.4 Å². The van der Waals surface area contributed by atoms with Gasteiger partial charge in [0.1, 0.15) is 18.1 Å². The van der Waals surface area contributed by atoms with Crippen LogP contribution in [0.15, 0.2) is 78.9 Å². The summed E-state index contributed by atoms with van der Waals surface area (Å²) in [5.41, 5.74) is 3.17. The van der Waals surface area contributed by atoms with E-state index in [9.17, 15) is 4.79 Å². The Hall–Kier alpha value is -3.27. The number of hydrogen-bond donors (Lipinski definition) is 1. The van der Waals surface area contributed by atoms with Crippen molar-refractivity contribution in [2.24, 2.45) is 0 Å². The summed E-state index contributed by atoms with van der Waals surface area (Å²) >= 11 is 0. The van der Waals surface area contributed by atoms with Gasteiger partial charge in [-0.1, -0.05) is 56.3 Å². The molecule has 0 fully saturated rings. The Kier molecular flexibility index (Phi) is 7.90. The molecule has 0 heterocycles. The van der Waals surface area contributed by atoms with Crippen molar-refractivity contribution in [3.05, 3.63) is 90.0 Å². The first-order valence-electron chi connectivity index (χ1n) is 10.4. The molecule has 0 bridgehead atoms. The fourth-order valence-corrected chi connectivity index (χ4v) is 2.97. The summed E-state index contributed by atoms with van der Waals surface area (Å²) in [7, 11) is 0. The van der Waals surface area contributed by atoms with Crippen molar-refractivity contribution >= 4 is 11.6 Å². The second-order valence-corrected chi connectivity index (χ2v) is 7.52. The van der Waals surface area contributed by atoms with E-state index in [0.29, 0.717) is 32.0 Å². The van der Waals surface area contributed by atoms with Gasteiger partial charge in [-0.05, 0) is 59.9 Å². The highest BCUT2D eigenvalue weighted by molar-refractivity contribution is 5.90. The lowest BCUT2D eigenvalue weighted by Crippen LogP contribution is -2.12. The minimum absolute atomic E-state index is 0.0216. The minimum Gasteiger partial charge on any atom is -0.494 e.